The minimum Gasteiger partial charge on any atom is -0.493 e. The maximum Gasteiger partial charge on any atom is 0.234 e. The Kier molecular flexibility index (Phi) is 14.6. The van der Waals surface area contributed by atoms with Crippen molar-refractivity contribution >= 4 is 22.9 Å². The number of ether oxygens (including phenoxy) is 1. The van der Waals surface area contributed by atoms with Crippen molar-refractivity contribution in [3.05, 3.63) is 75.7 Å². The Balaban J connectivity index is 1.45. The zero-order chi connectivity index (χ0) is 30.2. The van der Waals surface area contributed by atoms with Gasteiger partial charge in [-0.2, -0.15) is 4.57 Å². The first-order valence-corrected chi connectivity index (χ1v) is 17.2. The van der Waals surface area contributed by atoms with Crippen LogP contribution in [-0.2, 0) is 23.2 Å². The Morgan fingerprint density at radius 1 is 0.881 bits per heavy atom. The molecule has 1 N–H and O–H groups in total. The summed E-state index contributed by atoms with van der Waals surface area (Å²) in [5.74, 6) is 0.947. The highest BCUT2D eigenvalue weighted by Crippen LogP contribution is 2.33. The largest absolute Gasteiger partial charge is 0.493 e. The number of rotatable bonds is 19. The monoisotopic (exact) mass is 591 g/mol. The molecule has 0 spiro atoms. The van der Waals surface area contributed by atoms with Gasteiger partial charge in [-0.1, -0.05) is 140 Å². The van der Waals surface area contributed by atoms with E-state index in [-0.39, 0.29) is 11.3 Å². The predicted molar refractivity (Wildman–Crippen MR) is 179 cm³/mol. The van der Waals surface area contributed by atoms with Crippen LogP contribution in [0, 0.1) is 6.92 Å². The molecule has 0 aliphatic heterocycles. The number of para-hydroxylation sites is 1. The van der Waals surface area contributed by atoms with Gasteiger partial charge in [0.15, 0.2) is 12.7 Å². The van der Waals surface area contributed by atoms with Gasteiger partial charge >= 0.3 is 0 Å². The number of hydrogen-bond donors (Lipinski definition) is 1. The van der Waals surface area contributed by atoms with Gasteiger partial charge in [-0.15, -0.1) is 0 Å². The molecular formula is C37H55N2O2S+. The van der Waals surface area contributed by atoms with Crippen molar-refractivity contribution in [2.24, 2.45) is 0 Å². The number of benzene rings is 2. The highest BCUT2D eigenvalue weighted by Gasteiger charge is 2.21. The van der Waals surface area contributed by atoms with E-state index in [1.165, 1.54) is 75.6 Å². The van der Waals surface area contributed by atoms with Crippen LogP contribution in [0.25, 0.3) is 0 Å². The number of nitrogens with zero attached hydrogens (tertiary/aromatic N) is 1. The van der Waals surface area contributed by atoms with Gasteiger partial charge in [0.1, 0.15) is 5.75 Å². The molecule has 0 bridgehead atoms. The second-order valence-corrected chi connectivity index (χ2v) is 13.8. The number of anilines is 1. The Bertz CT molecular complexity index is 1210. The first kappa shape index (κ1) is 33.8. The number of aryl methyl sites for hydroxylation is 1. The van der Waals surface area contributed by atoms with E-state index in [1.807, 2.05) is 24.3 Å². The molecule has 0 saturated carbocycles. The first-order chi connectivity index (χ1) is 20.3. The van der Waals surface area contributed by atoms with E-state index in [9.17, 15) is 4.79 Å². The number of thiazole rings is 1. The Morgan fingerprint density at radius 3 is 2.14 bits per heavy atom. The lowest BCUT2D eigenvalue weighted by Crippen LogP contribution is -2.34. The van der Waals surface area contributed by atoms with E-state index in [1.54, 1.807) is 11.3 Å². The zero-order valence-corrected chi connectivity index (χ0v) is 27.8. The SMILES string of the molecule is CCCCCCCCCCCCCCOc1ccc(CC(=O)Nc2ccccc2C[n+]2ccsc2C)cc1C(C)(C)C. The lowest BCUT2D eigenvalue weighted by Gasteiger charge is -2.24. The number of nitrogens with one attached hydrogen (secondary N) is 1. The fourth-order valence-corrected chi connectivity index (χ4v) is 6.07. The topological polar surface area (TPSA) is 42.2 Å². The van der Waals surface area contributed by atoms with Gasteiger partial charge in [0, 0.05) is 12.5 Å². The quantitative estimate of drug-likeness (QED) is 0.111. The summed E-state index contributed by atoms with van der Waals surface area (Å²) in [7, 11) is 0. The average molecular weight is 592 g/mol. The van der Waals surface area contributed by atoms with Crippen LogP contribution in [0.1, 0.15) is 126 Å². The molecule has 0 radical (unpaired) electrons. The number of carbonyl (C=O) groups is 1. The number of hydrogen-bond acceptors (Lipinski definition) is 3. The van der Waals surface area contributed by atoms with Gasteiger partial charge in [0.2, 0.25) is 10.9 Å². The van der Waals surface area contributed by atoms with Crippen molar-refractivity contribution in [2.45, 2.75) is 130 Å². The van der Waals surface area contributed by atoms with E-state index >= 15 is 0 Å². The van der Waals surface area contributed by atoms with Crippen LogP contribution in [-0.4, -0.2) is 12.5 Å². The molecular weight excluding hydrogens is 536 g/mol. The molecule has 1 amide bonds. The number of carbonyl (C=O) groups excluding carboxylic acids is 1. The third-order valence-electron chi connectivity index (χ3n) is 7.99. The van der Waals surface area contributed by atoms with Crippen molar-refractivity contribution in [3.8, 4) is 5.75 Å². The summed E-state index contributed by atoms with van der Waals surface area (Å²) in [6.45, 7) is 12.5. The highest BCUT2D eigenvalue weighted by molar-refractivity contribution is 7.09. The Hall–Kier alpha value is -2.66. The maximum absolute atomic E-state index is 13.1. The van der Waals surface area contributed by atoms with E-state index in [0.717, 1.165) is 47.7 Å². The zero-order valence-electron chi connectivity index (χ0n) is 27.0. The normalized spacial score (nSPS) is 11.5. The van der Waals surface area contributed by atoms with Crippen LogP contribution in [0.3, 0.4) is 0 Å². The van der Waals surface area contributed by atoms with Gasteiger partial charge in [0.25, 0.3) is 0 Å². The standard InChI is InChI=1S/C37H54N2O2S/c1-6-7-8-9-10-11-12-13-14-15-16-19-25-41-35-23-22-31(27-33(35)37(3,4)5)28-36(40)38-34-21-18-17-20-32(34)29-39-24-26-42-30(39)2/h17-18,20-24,26-27H,6-16,19,25,28-29H2,1-5H3/p+1. The van der Waals surface area contributed by atoms with E-state index in [4.69, 9.17) is 4.74 Å². The van der Waals surface area contributed by atoms with Gasteiger partial charge in [0.05, 0.1) is 24.1 Å². The summed E-state index contributed by atoms with van der Waals surface area (Å²) >= 11 is 1.73. The Labute approximate surface area is 259 Å². The van der Waals surface area contributed by atoms with Gasteiger partial charge in [-0.3, -0.25) is 4.79 Å². The summed E-state index contributed by atoms with van der Waals surface area (Å²) in [4.78, 5) is 13.1. The van der Waals surface area contributed by atoms with Crippen molar-refractivity contribution in [2.75, 3.05) is 11.9 Å². The summed E-state index contributed by atoms with van der Waals surface area (Å²) in [6.07, 6.45) is 18.5. The summed E-state index contributed by atoms with van der Waals surface area (Å²) in [6, 6.07) is 14.3. The van der Waals surface area contributed by atoms with Crippen LogP contribution in [0.5, 0.6) is 5.75 Å². The molecule has 3 rings (SSSR count). The molecule has 42 heavy (non-hydrogen) atoms. The summed E-state index contributed by atoms with van der Waals surface area (Å²) in [5, 5.41) is 6.50. The van der Waals surface area contributed by atoms with Crippen LogP contribution >= 0.6 is 11.3 Å². The van der Waals surface area contributed by atoms with E-state index in [0.29, 0.717) is 6.42 Å². The van der Waals surface area contributed by atoms with Crippen LogP contribution in [0.4, 0.5) is 5.69 Å². The van der Waals surface area contributed by atoms with Crippen LogP contribution < -0.4 is 14.6 Å². The second kappa shape index (κ2) is 18.1. The van der Waals surface area contributed by atoms with Crippen molar-refractivity contribution in [1.29, 1.82) is 0 Å². The number of aromatic nitrogens is 1. The molecule has 4 nitrogen and oxygen atoms in total. The number of unbranched alkanes of at least 4 members (excludes halogenated alkanes) is 11. The molecule has 0 fully saturated rings. The molecule has 2 aromatic carbocycles. The average Bonchev–Trinajstić information content (AvgIpc) is 3.36. The van der Waals surface area contributed by atoms with Crippen molar-refractivity contribution in [3.63, 3.8) is 0 Å². The van der Waals surface area contributed by atoms with E-state index < -0.39 is 0 Å². The predicted octanol–water partition coefficient (Wildman–Crippen LogP) is 9.95. The fourth-order valence-electron chi connectivity index (χ4n) is 5.41. The first-order valence-electron chi connectivity index (χ1n) is 16.4. The van der Waals surface area contributed by atoms with E-state index in [2.05, 4.69) is 74.3 Å². The fraction of sp³-hybridized carbons (Fsp3) is 0.568. The smallest absolute Gasteiger partial charge is 0.234 e. The molecule has 1 aromatic heterocycles. The van der Waals surface area contributed by atoms with Crippen molar-refractivity contribution in [1.82, 2.24) is 0 Å². The van der Waals surface area contributed by atoms with Crippen LogP contribution in [0.15, 0.2) is 54.0 Å². The molecule has 0 atom stereocenters. The highest BCUT2D eigenvalue weighted by atomic mass is 32.1. The lowest BCUT2D eigenvalue weighted by atomic mass is 9.85. The minimum absolute atomic E-state index is 0.000453. The molecule has 5 heteroatoms. The van der Waals surface area contributed by atoms with Crippen molar-refractivity contribution < 1.29 is 14.1 Å². The third-order valence-corrected chi connectivity index (χ3v) is 8.82. The molecule has 0 aliphatic rings. The Morgan fingerprint density at radius 2 is 1.52 bits per heavy atom. The minimum atomic E-state index is -0.0689. The summed E-state index contributed by atoms with van der Waals surface area (Å²) in [5.41, 5.74) is 4.08. The summed E-state index contributed by atoms with van der Waals surface area (Å²) < 4.78 is 8.49. The molecule has 0 aliphatic carbocycles. The van der Waals surface area contributed by atoms with Crippen LogP contribution in [0.2, 0.25) is 0 Å². The maximum atomic E-state index is 13.1. The number of amides is 1. The molecule has 1 heterocycles. The van der Waals surface area contributed by atoms with Gasteiger partial charge in [-0.05, 0) is 35.1 Å². The second-order valence-electron chi connectivity index (χ2n) is 12.8. The molecule has 0 unspecified atom stereocenters. The van der Waals surface area contributed by atoms with Gasteiger partial charge in [-0.25, -0.2) is 0 Å². The molecule has 0 saturated heterocycles. The molecule has 3 aromatic rings. The van der Waals surface area contributed by atoms with Gasteiger partial charge < -0.3 is 10.1 Å². The third kappa shape index (κ3) is 11.9. The lowest BCUT2D eigenvalue weighted by molar-refractivity contribution is -0.689. The molecule has 230 valence electrons.